The Morgan fingerprint density at radius 1 is 1.31 bits per heavy atom. The number of amides is 1. The summed E-state index contributed by atoms with van der Waals surface area (Å²) in [5, 5.41) is 40.3. The molecule has 0 bridgehead atoms. The Balaban J connectivity index is 2.09. The monoisotopic (exact) mass is 366 g/mol. The third-order valence-electron chi connectivity index (χ3n) is 4.31. The number of carbonyl (C=O) groups excluding carboxylic acids is 1. The summed E-state index contributed by atoms with van der Waals surface area (Å²) < 4.78 is 5.38. The van der Waals surface area contributed by atoms with Crippen molar-refractivity contribution in [3.05, 3.63) is 18.1 Å². The maximum Gasteiger partial charge on any atom is 0.411 e. The second kappa shape index (κ2) is 6.38. The first-order chi connectivity index (χ1) is 12.2. The van der Waals surface area contributed by atoms with E-state index in [1.807, 2.05) is 0 Å². The van der Waals surface area contributed by atoms with E-state index in [2.05, 4.69) is 15.0 Å². The fourth-order valence-corrected chi connectivity index (χ4v) is 3.21. The van der Waals surface area contributed by atoms with Crippen molar-refractivity contribution < 1.29 is 30.0 Å². The number of aromatic amines is 1. The van der Waals surface area contributed by atoms with Crippen molar-refractivity contribution in [2.24, 2.45) is 0 Å². The van der Waals surface area contributed by atoms with E-state index in [-0.39, 0.29) is 11.4 Å². The SMILES string of the molecule is CC(C)(C)OC(=O)N1[C@H](CO)[C@@H](O)[C@@H](O)[C@@H]1c1c[nH]c2c(O)ncnc12. The van der Waals surface area contributed by atoms with Gasteiger partial charge in [-0.2, -0.15) is 0 Å². The highest BCUT2D eigenvalue weighted by atomic mass is 16.6. The summed E-state index contributed by atoms with van der Waals surface area (Å²) in [5.41, 5.74) is 0.0913. The molecule has 26 heavy (non-hydrogen) atoms. The summed E-state index contributed by atoms with van der Waals surface area (Å²) in [7, 11) is 0. The lowest BCUT2D eigenvalue weighted by atomic mass is 10.0. The molecule has 1 aliphatic rings. The number of nitrogens with one attached hydrogen (secondary N) is 1. The third-order valence-corrected chi connectivity index (χ3v) is 4.31. The van der Waals surface area contributed by atoms with Gasteiger partial charge >= 0.3 is 6.09 Å². The van der Waals surface area contributed by atoms with E-state index >= 15 is 0 Å². The van der Waals surface area contributed by atoms with Gasteiger partial charge in [-0.05, 0) is 20.8 Å². The number of carbonyl (C=O) groups is 1. The Hall–Kier alpha value is -2.43. The van der Waals surface area contributed by atoms with Gasteiger partial charge < -0.3 is 30.1 Å². The lowest BCUT2D eigenvalue weighted by Gasteiger charge is -2.32. The molecule has 5 N–H and O–H groups in total. The van der Waals surface area contributed by atoms with E-state index in [1.165, 1.54) is 6.20 Å². The van der Waals surface area contributed by atoms with E-state index in [0.29, 0.717) is 11.1 Å². The average molecular weight is 366 g/mol. The van der Waals surface area contributed by atoms with Crippen LogP contribution in [0.4, 0.5) is 4.79 Å². The molecule has 10 heteroatoms. The minimum absolute atomic E-state index is 0.237. The number of H-pyrrole nitrogens is 1. The Morgan fingerprint density at radius 2 is 2.00 bits per heavy atom. The maximum atomic E-state index is 12.7. The first kappa shape index (κ1) is 18.4. The second-order valence-electron chi connectivity index (χ2n) is 7.23. The van der Waals surface area contributed by atoms with Crippen molar-refractivity contribution in [3.8, 4) is 5.88 Å². The van der Waals surface area contributed by atoms with Gasteiger partial charge in [0.15, 0.2) is 0 Å². The van der Waals surface area contributed by atoms with Gasteiger partial charge in [0, 0.05) is 11.8 Å². The molecule has 2 aromatic rings. The number of fused-ring (bicyclic) bond motifs is 1. The lowest BCUT2D eigenvalue weighted by Crippen LogP contribution is -2.45. The van der Waals surface area contributed by atoms with Crippen LogP contribution in [0.5, 0.6) is 5.88 Å². The smallest absolute Gasteiger partial charge is 0.411 e. The largest absolute Gasteiger partial charge is 0.492 e. The van der Waals surface area contributed by atoms with Crippen LogP contribution in [0.2, 0.25) is 0 Å². The number of rotatable bonds is 2. The molecule has 142 valence electrons. The van der Waals surface area contributed by atoms with Gasteiger partial charge in [0.2, 0.25) is 5.88 Å². The fraction of sp³-hybridized carbons (Fsp3) is 0.562. The van der Waals surface area contributed by atoms with Crippen LogP contribution < -0.4 is 0 Å². The number of ether oxygens (including phenoxy) is 1. The summed E-state index contributed by atoms with van der Waals surface area (Å²) in [6, 6.07) is -2.08. The summed E-state index contributed by atoms with van der Waals surface area (Å²) >= 11 is 0. The Bertz CT molecular complexity index is 817. The Labute approximate surface area is 149 Å². The van der Waals surface area contributed by atoms with Crippen molar-refractivity contribution in [1.29, 1.82) is 0 Å². The normalized spacial score (nSPS) is 26.5. The number of hydrogen-bond donors (Lipinski definition) is 5. The number of aromatic hydroxyl groups is 1. The maximum absolute atomic E-state index is 12.7. The van der Waals surface area contributed by atoms with E-state index in [9.17, 15) is 25.2 Å². The molecule has 0 saturated carbocycles. The van der Waals surface area contributed by atoms with Crippen molar-refractivity contribution in [2.45, 2.75) is 50.7 Å². The van der Waals surface area contributed by atoms with Gasteiger partial charge in [-0.1, -0.05) is 0 Å². The fourth-order valence-electron chi connectivity index (χ4n) is 3.21. The predicted octanol–water partition coefficient (Wildman–Crippen LogP) is 0.0380. The molecule has 10 nitrogen and oxygen atoms in total. The first-order valence-corrected chi connectivity index (χ1v) is 8.15. The molecule has 1 fully saturated rings. The zero-order valence-corrected chi connectivity index (χ0v) is 14.6. The van der Waals surface area contributed by atoms with Crippen molar-refractivity contribution in [1.82, 2.24) is 19.9 Å². The summed E-state index contributed by atoms with van der Waals surface area (Å²) in [6.07, 6.45) is -0.927. The van der Waals surface area contributed by atoms with E-state index in [1.54, 1.807) is 20.8 Å². The molecular weight excluding hydrogens is 344 g/mol. The molecule has 3 heterocycles. The molecule has 0 radical (unpaired) electrons. The van der Waals surface area contributed by atoms with Gasteiger partial charge in [0.1, 0.15) is 35.2 Å². The molecule has 0 spiro atoms. The minimum atomic E-state index is -1.38. The highest BCUT2D eigenvalue weighted by Gasteiger charge is 2.52. The molecular formula is C16H22N4O6. The van der Waals surface area contributed by atoms with E-state index in [4.69, 9.17) is 4.74 Å². The molecule has 1 amide bonds. The average Bonchev–Trinajstić information content (AvgIpc) is 3.07. The zero-order chi connectivity index (χ0) is 19.2. The second-order valence-corrected chi connectivity index (χ2v) is 7.23. The van der Waals surface area contributed by atoms with Crippen LogP contribution >= 0.6 is 0 Å². The van der Waals surface area contributed by atoms with Gasteiger partial charge in [-0.25, -0.2) is 14.8 Å². The van der Waals surface area contributed by atoms with Gasteiger partial charge in [0.05, 0.1) is 18.7 Å². The molecule has 3 rings (SSSR count). The topological polar surface area (TPSA) is 152 Å². The van der Waals surface area contributed by atoms with Crippen LogP contribution in [-0.4, -0.2) is 76.8 Å². The number of aromatic nitrogens is 3. The van der Waals surface area contributed by atoms with E-state index in [0.717, 1.165) is 11.2 Å². The summed E-state index contributed by atoms with van der Waals surface area (Å²) in [4.78, 5) is 24.4. The number of likely N-dealkylation sites (tertiary alicyclic amines) is 1. The van der Waals surface area contributed by atoms with E-state index < -0.39 is 42.6 Å². The minimum Gasteiger partial charge on any atom is -0.492 e. The van der Waals surface area contributed by atoms with Gasteiger partial charge in [0.25, 0.3) is 0 Å². The third kappa shape index (κ3) is 2.96. The Kier molecular flexibility index (Phi) is 4.51. The number of hydrogen-bond acceptors (Lipinski definition) is 8. The molecule has 4 atom stereocenters. The Morgan fingerprint density at radius 3 is 2.62 bits per heavy atom. The number of aliphatic hydroxyl groups is 3. The predicted molar refractivity (Wildman–Crippen MR) is 89.3 cm³/mol. The van der Waals surface area contributed by atoms with Crippen LogP contribution in [-0.2, 0) is 4.74 Å². The highest BCUT2D eigenvalue weighted by Crippen LogP contribution is 2.40. The van der Waals surface area contributed by atoms with Gasteiger partial charge in [-0.15, -0.1) is 0 Å². The van der Waals surface area contributed by atoms with Crippen LogP contribution in [0.15, 0.2) is 12.5 Å². The van der Waals surface area contributed by atoms with Crippen LogP contribution in [0, 0.1) is 0 Å². The van der Waals surface area contributed by atoms with Crippen LogP contribution in [0.3, 0.4) is 0 Å². The standard InChI is InChI=1S/C16H22N4O6/c1-16(2,3)26-15(25)20-8(5-21)12(22)13(23)11(20)7-4-17-10-9(7)18-6-19-14(10)24/h4,6,8,11-13,17,21-23H,5H2,1-3H3,(H,18,19,24)/t8-,11+,12-,13+/m1/s1. The molecule has 2 aromatic heterocycles. The van der Waals surface area contributed by atoms with Crippen molar-refractivity contribution in [3.63, 3.8) is 0 Å². The number of aliphatic hydroxyl groups excluding tert-OH is 3. The molecule has 1 aliphatic heterocycles. The zero-order valence-electron chi connectivity index (χ0n) is 14.6. The van der Waals surface area contributed by atoms with Crippen molar-refractivity contribution >= 4 is 17.1 Å². The van der Waals surface area contributed by atoms with Crippen LogP contribution in [0.1, 0.15) is 32.4 Å². The summed E-state index contributed by atoms with van der Waals surface area (Å²) in [6.45, 7) is 4.51. The van der Waals surface area contributed by atoms with Gasteiger partial charge in [-0.3, -0.25) is 4.90 Å². The molecule has 1 saturated heterocycles. The molecule has 0 aliphatic carbocycles. The molecule has 0 unspecified atom stereocenters. The van der Waals surface area contributed by atoms with Crippen molar-refractivity contribution in [2.75, 3.05) is 6.61 Å². The first-order valence-electron chi connectivity index (χ1n) is 8.15. The highest BCUT2D eigenvalue weighted by molar-refractivity contribution is 5.84. The number of nitrogens with zero attached hydrogens (tertiary/aromatic N) is 3. The quantitative estimate of drug-likeness (QED) is 0.499. The lowest BCUT2D eigenvalue weighted by molar-refractivity contribution is -0.000805. The van der Waals surface area contributed by atoms with Crippen LogP contribution in [0.25, 0.3) is 11.0 Å². The summed E-state index contributed by atoms with van der Waals surface area (Å²) in [5.74, 6) is -0.281. The molecule has 0 aromatic carbocycles.